The quantitative estimate of drug-likeness (QED) is 0.472. The van der Waals surface area contributed by atoms with E-state index in [4.69, 9.17) is 0 Å². The van der Waals surface area contributed by atoms with Crippen molar-refractivity contribution in [1.82, 2.24) is 0 Å². The molecule has 9 atom stereocenters. The second kappa shape index (κ2) is 7.92. The third-order valence-electron chi connectivity index (χ3n) is 11.8. The van der Waals surface area contributed by atoms with E-state index in [0.29, 0.717) is 18.1 Å². The van der Waals surface area contributed by atoms with E-state index in [1.165, 1.54) is 5.57 Å². The van der Waals surface area contributed by atoms with Crippen LogP contribution in [0.3, 0.4) is 0 Å². The van der Waals surface area contributed by atoms with Gasteiger partial charge in [0, 0.05) is 11.8 Å². The smallest absolute Gasteiger partial charge is 0.138 e. The molecule has 0 aromatic rings. The van der Waals surface area contributed by atoms with Gasteiger partial charge in [-0.25, -0.2) is 0 Å². The van der Waals surface area contributed by atoms with Crippen LogP contribution >= 0.6 is 0 Å². The average Bonchev–Trinajstić information content (AvgIpc) is 3.08. The summed E-state index contributed by atoms with van der Waals surface area (Å²) in [5, 5.41) is 23.4. The van der Waals surface area contributed by atoms with E-state index in [-0.39, 0.29) is 45.5 Å². The van der Waals surface area contributed by atoms with E-state index >= 15 is 0 Å². The molecule has 4 rings (SSSR count). The third kappa shape index (κ3) is 3.53. The first-order valence-corrected chi connectivity index (χ1v) is 13.5. The largest absolute Gasteiger partial charge is 0.393 e. The molecule has 1 radical (unpaired) electrons. The number of ketones is 1. The second-order valence-electron chi connectivity index (χ2n) is 14.1. The predicted octanol–water partition coefficient (Wildman–Crippen LogP) is 6.52. The van der Waals surface area contributed by atoms with E-state index < -0.39 is 5.60 Å². The van der Waals surface area contributed by atoms with Crippen molar-refractivity contribution < 1.29 is 15.0 Å². The van der Waals surface area contributed by atoms with E-state index in [2.05, 4.69) is 61.0 Å². The summed E-state index contributed by atoms with van der Waals surface area (Å²) in [6.45, 7) is 17.9. The molecule has 0 aliphatic heterocycles. The molecule has 0 heterocycles. The first-order valence-electron chi connectivity index (χ1n) is 13.5. The van der Waals surface area contributed by atoms with Crippen molar-refractivity contribution >= 4 is 5.78 Å². The lowest BCUT2D eigenvalue weighted by Gasteiger charge is -2.69. The van der Waals surface area contributed by atoms with Gasteiger partial charge in [-0.1, -0.05) is 46.3 Å². The molecular weight excluding hydrogens is 408 g/mol. The van der Waals surface area contributed by atoms with Crippen molar-refractivity contribution in [3.63, 3.8) is 0 Å². The lowest BCUT2D eigenvalue weighted by atomic mass is 9.35. The number of fused-ring (bicyclic) bond motifs is 5. The lowest BCUT2D eigenvalue weighted by Crippen LogP contribution is -2.66. The van der Waals surface area contributed by atoms with Crippen LogP contribution in [0.15, 0.2) is 11.6 Å². The van der Waals surface area contributed by atoms with Gasteiger partial charge < -0.3 is 10.2 Å². The molecule has 0 aromatic heterocycles. The first-order chi connectivity index (χ1) is 15.1. The Labute approximate surface area is 202 Å². The van der Waals surface area contributed by atoms with Gasteiger partial charge in [-0.15, -0.1) is 0 Å². The Morgan fingerprint density at radius 2 is 1.82 bits per heavy atom. The van der Waals surface area contributed by atoms with Gasteiger partial charge in [-0.3, -0.25) is 4.79 Å². The summed E-state index contributed by atoms with van der Waals surface area (Å²) < 4.78 is 0. The van der Waals surface area contributed by atoms with Gasteiger partial charge in [0.05, 0.1) is 11.7 Å². The minimum absolute atomic E-state index is 0.00339. The standard InChI is InChI=1S/C30H49O3/c1-19(2)10-9-14-30(8,33)20-11-16-29(7)25(20)21(31)18-23-27(5)15-13-24(32)26(3,4)22(27)12-17-28(23,29)6/h10,12,20-23,25,31,33H,9,11,13-18H2,1-8H3. The molecule has 9 unspecified atom stereocenters. The molecule has 4 aliphatic rings. The van der Waals surface area contributed by atoms with Crippen molar-refractivity contribution in [2.75, 3.05) is 0 Å². The van der Waals surface area contributed by atoms with Crippen molar-refractivity contribution in [1.29, 1.82) is 0 Å². The molecular formula is C30H49O3. The fourth-order valence-electron chi connectivity index (χ4n) is 9.74. The Morgan fingerprint density at radius 3 is 2.45 bits per heavy atom. The van der Waals surface area contributed by atoms with E-state index in [1.807, 2.05) is 6.92 Å². The van der Waals surface area contributed by atoms with Crippen molar-refractivity contribution in [2.24, 2.45) is 45.3 Å². The van der Waals surface area contributed by atoms with E-state index in [9.17, 15) is 15.0 Å². The Balaban J connectivity index is 1.67. The molecule has 0 aromatic carbocycles. The molecule has 0 saturated heterocycles. The molecule has 4 aliphatic carbocycles. The van der Waals surface area contributed by atoms with E-state index in [0.717, 1.165) is 44.9 Å². The highest BCUT2D eigenvalue weighted by Gasteiger charge is 2.71. The molecule has 2 N–H and O–H groups in total. The highest BCUT2D eigenvalue weighted by atomic mass is 16.3. The van der Waals surface area contributed by atoms with E-state index in [1.54, 1.807) is 0 Å². The van der Waals surface area contributed by atoms with Crippen LogP contribution in [0.5, 0.6) is 0 Å². The van der Waals surface area contributed by atoms with Gasteiger partial charge >= 0.3 is 0 Å². The number of aliphatic hydroxyl groups excluding tert-OH is 1. The Morgan fingerprint density at radius 1 is 1.15 bits per heavy atom. The monoisotopic (exact) mass is 457 g/mol. The van der Waals surface area contributed by atoms with Crippen LogP contribution in [0, 0.1) is 51.8 Å². The van der Waals surface area contributed by atoms with Gasteiger partial charge in [0.2, 0.25) is 0 Å². The van der Waals surface area contributed by atoms with Crippen molar-refractivity contribution in [3.05, 3.63) is 18.1 Å². The van der Waals surface area contributed by atoms with Crippen LogP contribution < -0.4 is 0 Å². The molecule has 0 bridgehead atoms. The molecule has 4 saturated carbocycles. The highest BCUT2D eigenvalue weighted by molar-refractivity contribution is 5.85. The van der Waals surface area contributed by atoms with Gasteiger partial charge in [0.25, 0.3) is 0 Å². The van der Waals surface area contributed by atoms with Crippen molar-refractivity contribution in [2.45, 2.75) is 118 Å². The SMILES string of the molecule is CC(C)=CCCC(C)(O)C1CCC2(C)C1C(O)CC1C3(C)CCC(=O)C(C)(C)C3[CH]CC12C. The molecule has 33 heavy (non-hydrogen) atoms. The second-order valence-corrected chi connectivity index (χ2v) is 14.1. The first kappa shape index (κ1) is 25.4. The zero-order valence-electron chi connectivity index (χ0n) is 22.5. The number of carbonyl (C=O) groups excluding carboxylic acids is 1. The Bertz CT molecular complexity index is 820. The van der Waals surface area contributed by atoms with Crippen LogP contribution in [-0.2, 0) is 4.79 Å². The number of allylic oxidation sites excluding steroid dienone is 2. The summed E-state index contributed by atoms with van der Waals surface area (Å²) in [4.78, 5) is 12.8. The number of carbonyl (C=O) groups is 1. The number of rotatable bonds is 4. The number of hydrogen-bond donors (Lipinski definition) is 2. The van der Waals surface area contributed by atoms with Crippen molar-refractivity contribution in [3.8, 4) is 0 Å². The van der Waals surface area contributed by atoms with Gasteiger partial charge in [-0.05, 0) is 112 Å². The molecule has 3 heteroatoms. The molecule has 0 amide bonds. The maximum atomic E-state index is 12.8. The fraction of sp³-hybridized carbons (Fsp3) is 0.867. The maximum Gasteiger partial charge on any atom is 0.138 e. The topological polar surface area (TPSA) is 57.5 Å². The molecule has 187 valence electrons. The lowest BCUT2D eigenvalue weighted by molar-refractivity contribution is -0.219. The minimum atomic E-state index is -0.761. The number of aliphatic hydroxyl groups is 2. The van der Waals surface area contributed by atoms with Crippen LogP contribution in [0.2, 0.25) is 0 Å². The summed E-state index contributed by atoms with van der Waals surface area (Å²) >= 11 is 0. The molecule has 3 nitrogen and oxygen atoms in total. The van der Waals surface area contributed by atoms with Gasteiger partial charge in [0.1, 0.15) is 5.78 Å². The summed E-state index contributed by atoms with van der Waals surface area (Å²) in [5.74, 6) is 1.35. The summed E-state index contributed by atoms with van der Waals surface area (Å²) in [6.07, 6.45) is 11.5. The van der Waals surface area contributed by atoms with Gasteiger partial charge in [-0.2, -0.15) is 0 Å². The van der Waals surface area contributed by atoms with Crippen LogP contribution in [0.1, 0.15) is 107 Å². The maximum absolute atomic E-state index is 12.8. The zero-order valence-corrected chi connectivity index (χ0v) is 22.5. The minimum Gasteiger partial charge on any atom is -0.393 e. The fourth-order valence-corrected chi connectivity index (χ4v) is 9.74. The van der Waals surface area contributed by atoms with Crippen LogP contribution in [-0.4, -0.2) is 27.7 Å². The number of hydrogen-bond acceptors (Lipinski definition) is 3. The average molecular weight is 458 g/mol. The third-order valence-corrected chi connectivity index (χ3v) is 11.8. The predicted molar refractivity (Wildman–Crippen MR) is 134 cm³/mol. The van der Waals surface area contributed by atoms with Crippen LogP contribution in [0.4, 0.5) is 0 Å². The Hall–Kier alpha value is -0.670. The summed E-state index contributed by atoms with van der Waals surface area (Å²) in [5.41, 5.74) is 0.347. The van der Waals surface area contributed by atoms with Gasteiger partial charge in [0.15, 0.2) is 0 Å². The number of Topliss-reactive ketones (excluding diaryl/α,β-unsaturated/α-hetero) is 1. The zero-order chi connectivity index (χ0) is 24.6. The normalized spacial score (nSPS) is 48.3. The summed E-state index contributed by atoms with van der Waals surface area (Å²) in [6, 6.07) is 0. The van der Waals surface area contributed by atoms with Crippen LogP contribution in [0.25, 0.3) is 0 Å². The highest BCUT2D eigenvalue weighted by Crippen LogP contribution is 2.75. The Kier molecular flexibility index (Phi) is 6.10. The molecule has 0 spiro atoms. The summed E-state index contributed by atoms with van der Waals surface area (Å²) in [7, 11) is 0. The molecule has 4 fully saturated rings.